The zero-order valence-electron chi connectivity index (χ0n) is 11.8. The number of ether oxygens (including phenoxy) is 2. The van der Waals surface area contributed by atoms with Gasteiger partial charge in [-0.1, -0.05) is 6.92 Å². The van der Waals surface area contributed by atoms with Crippen LogP contribution >= 0.6 is 0 Å². The van der Waals surface area contributed by atoms with Gasteiger partial charge in [-0.05, 0) is 18.7 Å². The van der Waals surface area contributed by atoms with Gasteiger partial charge < -0.3 is 19.9 Å². The molecule has 21 heavy (non-hydrogen) atoms. The van der Waals surface area contributed by atoms with Gasteiger partial charge in [0, 0.05) is 18.3 Å². The van der Waals surface area contributed by atoms with E-state index in [4.69, 9.17) is 14.6 Å². The Balaban J connectivity index is 1.87. The van der Waals surface area contributed by atoms with Gasteiger partial charge in [0.05, 0.1) is 13.0 Å². The topological polar surface area (TPSA) is 88.1 Å². The summed E-state index contributed by atoms with van der Waals surface area (Å²) in [5.41, 5.74) is 0.624. The van der Waals surface area contributed by atoms with Crippen molar-refractivity contribution in [3.05, 3.63) is 18.2 Å². The molecule has 0 aromatic heterocycles. The van der Waals surface area contributed by atoms with Crippen molar-refractivity contribution in [3.8, 4) is 11.5 Å². The Kier molecular flexibility index (Phi) is 4.99. The molecule has 0 saturated heterocycles. The SMILES string of the molecule is CCN(CCC(=O)O)CC(=O)Nc1ccc2c(c1)OCO2. The zero-order chi connectivity index (χ0) is 15.2. The molecule has 0 atom stereocenters. The van der Waals surface area contributed by atoms with E-state index < -0.39 is 5.97 Å². The average molecular weight is 294 g/mol. The lowest BCUT2D eigenvalue weighted by atomic mass is 10.2. The minimum absolute atomic E-state index is 0.0190. The van der Waals surface area contributed by atoms with Crippen LogP contribution in [0.1, 0.15) is 13.3 Å². The number of carbonyl (C=O) groups is 2. The Bertz CT molecular complexity index is 532. The van der Waals surface area contributed by atoms with Crippen molar-refractivity contribution in [1.29, 1.82) is 0 Å². The number of likely N-dealkylation sites (N-methyl/N-ethyl adjacent to an activating group) is 1. The van der Waals surface area contributed by atoms with Crippen LogP contribution in [0.5, 0.6) is 11.5 Å². The number of aliphatic carboxylic acids is 1. The summed E-state index contributed by atoms with van der Waals surface area (Å²) < 4.78 is 10.4. The lowest BCUT2D eigenvalue weighted by Crippen LogP contribution is -2.34. The summed E-state index contributed by atoms with van der Waals surface area (Å²) in [7, 11) is 0. The normalized spacial score (nSPS) is 12.5. The standard InChI is InChI=1S/C14H18N2O5/c1-2-16(6-5-14(18)19)8-13(17)15-10-3-4-11-12(7-10)21-9-20-11/h3-4,7H,2,5-6,8-9H2,1H3,(H,15,17)(H,18,19). The molecule has 1 heterocycles. The summed E-state index contributed by atoms with van der Waals surface area (Å²) in [6, 6.07) is 5.17. The summed E-state index contributed by atoms with van der Waals surface area (Å²) in [6.45, 7) is 3.18. The first-order chi connectivity index (χ1) is 10.1. The van der Waals surface area contributed by atoms with E-state index in [-0.39, 0.29) is 25.7 Å². The molecule has 0 aliphatic carbocycles. The Labute approximate surface area is 122 Å². The maximum absolute atomic E-state index is 12.0. The largest absolute Gasteiger partial charge is 0.481 e. The molecule has 2 rings (SSSR count). The second-order valence-corrected chi connectivity index (χ2v) is 4.63. The van der Waals surface area contributed by atoms with E-state index in [9.17, 15) is 9.59 Å². The molecule has 1 aromatic carbocycles. The fourth-order valence-electron chi connectivity index (χ4n) is 1.98. The number of carboxylic acid groups (broad SMARTS) is 1. The summed E-state index contributed by atoms with van der Waals surface area (Å²) in [5, 5.41) is 11.4. The first kappa shape index (κ1) is 15.1. The van der Waals surface area contributed by atoms with Gasteiger partial charge in [-0.15, -0.1) is 0 Å². The van der Waals surface area contributed by atoms with Crippen LogP contribution < -0.4 is 14.8 Å². The zero-order valence-corrected chi connectivity index (χ0v) is 11.8. The van der Waals surface area contributed by atoms with E-state index in [0.29, 0.717) is 30.3 Å². The monoisotopic (exact) mass is 294 g/mol. The number of rotatable bonds is 7. The number of amides is 1. The van der Waals surface area contributed by atoms with E-state index in [1.165, 1.54) is 0 Å². The highest BCUT2D eigenvalue weighted by Gasteiger charge is 2.15. The Morgan fingerprint density at radius 3 is 2.81 bits per heavy atom. The highest BCUT2D eigenvalue weighted by Crippen LogP contribution is 2.34. The molecule has 0 radical (unpaired) electrons. The molecule has 1 aliphatic rings. The summed E-state index contributed by atoms with van der Waals surface area (Å²) in [5.74, 6) is 0.196. The number of nitrogens with zero attached hydrogens (tertiary/aromatic N) is 1. The maximum Gasteiger partial charge on any atom is 0.304 e. The second kappa shape index (κ2) is 6.94. The lowest BCUT2D eigenvalue weighted by molar-refractivity contribution is -0.137. The number of fused-ring (bicyclic) bond motifs is 1. The molecule has 0 spiro atoms. The van der Waals surface area contributed by atoms with Crippen molar-refractivity contribution >= 4 is 17.6 Å². The highest BCUT2D eigenvalue weighted by molar-refractivity contribution is 5.92. The minimum atomic E-state index is -0.871. The molecular weight excluding hydrogens is 276 g/mol. The third-order valence-electron chi connectivity index (χ3n) is 3.11. The van der Waals surface area contributed by atoms with Crippen molar-refractivity contribution in [2.45, 2.75) is 13.3 Å². The fraction of sp³-hybridized carbons (Fsp3) is 0.429. The molecule has 1 aromatic rings. The Morgan fingerprint density at radius 1 is 1.33 bits per heavy atom. The van der Waals surface area contributed by atoms with Gasteiger partial charge in [0.25, 0.3) is 0 Å². The number of hydrogen-bond donors (Lipinski definition) is 2. The van der Waals surface area contributed by atoms with Crippen molar-refractivity contribution in [1.82, 2.24) is 4.90 Å². The molecule has 114 valence electrons. The van der Waals surface area contributed by atoms with Crippen molar-refractivity contribution in [3.63, 3.8) is 0 Å². The summed E-state index contributed by atoms with van der Waals surface area (Å²) in [6.07, 6.45) is 0.0190. The van der Waals surface area contributed by atoms with Crippen LogP contribution in [-0.4, -0.2) is 48.3 Å². The van der Waals surface area contributed by atoms with Crippen LogP contribution in [0.3, 0.4) is 0 Å². The predicted molar refractivity (Wildman–Crippen MR) is 75.6 cm³/mol. The predicted octanol–water partition coefficient (Wildman–Crippen LogP) is 1.15. The first-order valence-electron chi connectivity index (χ1n) is 6.72. The summed E-state index contributed by atoms with van der Waals surface area (Å²) in [4.78, 5) is 24.3. The number of benzene rings is 1. The van der Waals surface area contributed by atoms with Crippen LogP contribution in [0.25, 0.3) is 0 Å². The highest BCUT2D eigenvalue weighted by atomic mass is 16.7. The molecule has 7 heteroatoms. The molecule has 0 saturated carbocycles. The third kappa shape index (κ3) is 4.35. The quantitative estimate of drug-likeness (QED) is 0.784. The summed E-state index contributed by atoms with van der Waals surface area (Å²) >= 11 is 0. The number of carbonyl (C=O) groups excluding carboxylic acids is 1. The van der Waals surface area contributed by atoms with Crippen LogP contribution in [0.2, 0.25) is 0 Å². The molecule has 2 N–H and O–H groups in total. The number of hydrogen-bond acceptors (Lipinski definition) is 5. The van der Waals surface area contributed by atoms with Gasteiger partial charge in [-0.25, -0.2) is 0 Å². The van der Waals surface area contributed by atoms with Crippen LogP contribution in [0.15, 0.2) is 18.2 Å². The fourth-order valence-corrected chi connectivity index (χ4v) is 1.98. The molecule has 0 fully saturated rings. The smallest absolute Gasteiger partial charge is 0.304 e. The van der Waals surface area contributed by atoms with E-state index in [1.54, 1.807) is 23.1 Å². The van der Waals surface area contributed by atoms with Gasteiger partial charge >= 0.3 is 5.97 Å². The van der Waals surface area contributed by atoms with Crippen molar-refractivity contribution in [2.24, 2.45) is 0 Å². The van der Waals surface area contributed by atoms with E-state index >= 15 is 0 Å². The minimum Gasteiger partial charge on any atom is -0.481 e. The Morgan fingerprint density at radius 2 is 2.10 bits per heavy atom. The number of anilines is 1. The van der Waals surface area contributed by atoms with Crippen molar-refractivity contribution < 1.29 is 24.2 Å². The molecule has 1 aliphatic heterocycles. The van der Waals surface area contributed by atoms with Crippen LogP contribution in [-0.2, 0) is 9.59 Å². The van der Waals surface area contributed by atoms with Crippen LogP contribution in [0, 0.1) is 0 Å². The van der Waals surface area contributed by atoms with E-state index in [0.717, 1.165) is 0 Å². The van der Waals surface area contributed by atoms with Gasteiger partial charge in [0.2, 0.25) is 12.7 Å². The van der Waals surface area contributed by atoms with E-state index in [1.807, 2.05) is 6.92 Å². The average Bonchev–Trinajstić information content (AvgIpc) is 2.90. The van der Waals surface area contributed by atoms with Gasteiger partial charge in [-0.3, -0.25) is 14.5 Å². The molecule has 0 bridgehead atoms. The third-order valence-corrected chi connectivity index (χ3v) is 3.11. The van der Waals surface area contributed by atoms with Gasteiger partial charge in [0.1, 0.15) is 0 Å². The molecular formula is C14H18N2O5. The van der Waals surface area contributed by atoms with Gasteiger partial charge in [0.15, 0.2) is 11.5 Å². The second-order valence-electron chi connectivity index (χ2n) is 4.63. The Hall–Kier alpha value is -2.28. The van der Waals surface area contributed by atoms with Gasteiger partial charge in [-0.2, -0.15) is 0 Å². The molecule has 7 nitrogen and oxygen atoms in total. The number of nitrogens with one attached hydrogen (secondary N) is 1. The van der Waals surface area contributed by atoms with Crippen LogP contribution in [0.4, 0.5) is 5.69 Å². The molecule has 0 unspecified atom stereocenters. The maximum atomic E-state index is 12.0. The molecule has 1 amide bonds. The number of carboxylic acids is 1. The van der Waals surface area contributed by atoms with Crippen molar-refractivity contribution in [2.75, 3.05) is 31.7 Å². The first-order valence-corrected chi connectivity index (χ1v) is 6.72. The lowest BCUT2D eigenvalue weighted by Gasteiger charge is -2.18. The van der Waals surface area contributed by atoms with E-state index in [2.05, 4.69) is 5.32 Å².